The van der Waals surface area contributed by atoms with Crippen LogP contribution < -0.4 is 0 Å². The molecule has 12 heavy (non-hydrogen) atoms. The molecule has 0 bridgehead atoms. The molecule has 0 spiro atoms. The van der Waals surface area contributed by atoms with Crippen molar-refractivity contribution in [3.05, 3.63) is 0 Å². The third-order valence-electron chi connectivity index (χ3n) is 2.61. The quantitative estimate of drug-likeness (QED) is 0.666. The summed E-state index contributed by atoms with van der Waals surface area (Å²) in [7, 11) is 2.10. The van der Waals surface area contributed by atoms with E-state index in [1.807, 2.05) is 6.92 Å². The Labute approximate surface area is 79.5 Å². The van der Waals surface area contributed by atoms with Crippen molar-refractivity contribution < 1.29 is 5.11 Å². The highest BCUT2D eigenvalue weighted by molar-refractivity contribution is 6.20. The number of halogens is 1. The van der Waals surface area contributed by atoms with Crippen molar-refractivity contribution in [3.8, 4) is 0 Å². The molecular weight excluding hydrogens is 174 g/mol. The summed E-state index contributed by atoms with van der Waals surface area (Å²) in [4.78, 5) is 2.26. The van der Waals surface area contributed by atoms with Crippen LogP contribution in [0.15, 0.2) is 0 Å². The number of likely N-dealkylation sites (tertiary alicyclic amines) is 1. The normalized spacial score (nSPS) is 31.5. The van der Waals surface area contributed by atoms with Gasteiger partial charge in [-0.3, -0.25) is 0 Å². The van der Waals surface area contributed by atoms with E-state index >= 15 is 0 Å². The fraction of sp³-hybridized carbons (Fsp3) is 1.00. The molecule has 3 unspecified atom stereocenters. The van der Waals surface area contributed by atoms with E-state index in [-0.39, 0.29) is 11.5 Å². The number of piperidine rings is 1. The number of nitrogens with zero attached hydrogens (tertiary/aromatic N) is 1. The Balaban J connectivity index is 2.40. The molecule has 1 aliphatic rings. The lowest BCUT2D eigenvalue weighted by Gasteiger charge is -2.33. The zero-order valence-corrected chi connectivity index (χ0v) is 8.59. The lowest BCUT2D eigenvalue weighted by Crippen LogP contribution is -2.40. The van der Waals surface area contributed by atoms with E-state index in [4.69, 9.17) is 11.6 Å². The first-order chi connectivity index (χ1) is 5.61. The van der Waals surface area contributed by atoms with E-state index < -0.39 is 0 Å². The molecule has 2 nitrogen and oxygen atoms in total. The maximum atomic E-state index is 9.71. The first-order valence-corrected chi connectivity index (χ1v) is 5.05. The lowest BCUT2D eigenvalue weighted by molar-refractivity contribution is 0.0597. The summed E-state index contributed by atoms with van der Waals surface area (Å²) in [6.45, 7) is 4.00. The zero-order chi connectivity index (χ0) is 9.14. The molecule has 0 radical (unpaired) electrons. The largest absolute Gasteiger partial charge is 0.391 e. The van der Waals surface area contributed by atoms with E-state index in [0.29, 0.717) is 5.92 Å². The van der Waals surface area contributed by atoms with Gasteiger partial charge in [0.15, 0.2) is 0 Å². The Bertz CT molecular complexity index is 140. The number of aliphatic hydroxyl groups excluding tert-OH is 1. The average molecular weight is 192 g/mol. The Morgan fingerprint density at radius 2 is 2.25 bits per heavy atom. The van der Waals surface area contributed by atoms with Crippen LogP contribution in [0.5, 0.6) is 0 Å². The monoisotopic (exact) mass is 191 g/mol. The lowest BCUT2D eigenvalue weighted by atomic mass is 9.91. The number of hydrogen-bond acceptors (Lipinski definition) is 2. The van der Waals surface area contributed by atoms with Crippen LogP contribution in [0.2, 0.25) is 0 Å². The predicted molar refractivity (Wildman–Crippen MR) is 51.5 cm³/mol. The summed E-state index contributed by atoms with van der Waals surface area (Å²) in [5, 5.41) is 9.59. The number of hydrogen-bond donors (Lipinski definition) is 1. The molecule has 1 fully saturated rings. The Morgan fingerprint density at radius 1 is 1.58 bits per heavy atom. The van der Waals surface area contributed by atoms with Crippen LogP contribution in [0.4, 0.5) is 0 Å². The van der Waals surface area contributed by atoms with Crippen LogP contribution in [0.1, 0.15) is 19.8 Å². The van der Waals surface area contributed by atoms with Gasteiger partial charge < -0.3 is 10.0 Å². The summed E-state index contributed by atoms with van der Waals surface area (Å²) in [6, 6.07) is 0. The summed E-state index contributed by atoms with van der Waals surface area (Å²) in [5.41, 5.74) is 0. The van der Waals surface area contributed by atoms with Gasteiger partial charge >= 0.3 is 0 Å². The van der Waals surface area contributed by atoms with Gasteiger partial charge in [-0.05, 0) is 39.3 Å². The van der Waals surface area contributed by atoms with Gasteiger partial charge in [0, 0.05) is 6.54 Å². The van der Waals surface area contributed by atoms with Crippen LogP contribution in [-0.2, 0) is 0 Å². The number of rotatable bonds is 2. The SMILES string of the molecule is CC(Cl)C(O)C1CCCN(C)C1. The minimum absolute atomic E-state index is 0.124. The molecule has 3 atom stereocenters. The Morgan fingerprint density at radius 3 is 2.75 bits per heavy atom. The summed E-state index contributed by atoms with van der Waals surface area (Å²) in [5.74, 6) is 0.372. The van der Waals surface area contributed by atoms with Crippen molar-refractivity contribution in [3.63, 3.8) is 0 Å². The summed E-state index contributed by atoms with van der Waals surface area (Å²) in [6.07, 6.45) is 1.96. The Hall–Kier alpha value is 0.210. The van der Waals surface area contributed by atoms with E-state index in [1.54, 1.807) is 0 Å². The summed E-state index contributed by atoms with van der Waals surface area (Å²) < 4.78 is 0. The zero-order valence-electron chi connectivity index (χ0n) is 7.83. The van der Waals surface area contributed by atoms with Gasteiger partial charge in [0.05, 0.1) is 11.5 Å². The maximum absolute atomic E-state index is 9.71. The van der Waals surface area contributed by atoms with Gasteiger partial charge in [0.2, 0.25) is 0 Å². The fourth-order valence-corrected chi connectivity index (χ4v) is 2.07. The highest BCUT2D eigenvalue weighted by Gasteiger charge is 2.26. The standard InChI is InChI=1S/C9H18ClNO/c1-7(10)9(12)8-4-3-5-11(2)6-8/h7-9,12H,3-6H2,1-2H3. The van der Waals surface area contributed by atoms with Crippen LogP contribution in [0.3, 0.4) is 0 Å². The van der Waals surface area contributed by atoms with Crippen LogP contribution in [-0.4, -0.2) is 41.6 Å². The molecule has 0 amide bonds. The highest BCUT2D eigenvalue weighted by atomic mass is 35.5. The molecule has 1 saturated heterocycles. The van der Waals surface area contributed by atoms with Crippen molar-refractivity contribution in [2.45, 2.75) is 31.2 Å². The molecule has 1 heterocycles. The molecule has 0 aromatic rings. The van der Waals surface area contributed by atoms with E-state index in [9.17, 15) is 5.11 Å². The van der Waals surface area contributed by atoms with Gasteiger partial charge in [-0.2, -0.15) is 0 Å². The maximum Gasteiger partial charge on any atom is 0.0741 e. The van der Waals surface area contributed by atoms with Crippen molar-refractivity contribution in [2.75, 3.05) is 20.1 Å². The summed E-state index contributed by atoms with van der Waals surface area (Å²) >= 11 is 5.84. The Kier molecular flexibility index (Phi) is 3.81. The van der Waals surface area contributed by atoms with Crippen LogP contribution >= 0.6 is 11.6 Å². The minimum Gasteiger partial charge on any atom is -0.391 e. The molecule has 72 valence electrons. The molecule has 0 saturated carbocycles. The van der Waals surface area contributed by atoms with Crippen LogP contribution in [0, 0.1) is 5.92 Å². The second-order valence-corrected chi connectivity index (χ2v) is 4.52. The van der Waals surface area contributed by atoms with Crippen molar-refractivity contribution in [1.82, 2.24) is 4.90 Å². The second kappa shape index (κ2) is 4.45. The van der Waals surface area contributed by atoms with Crippen LogP contribution in [0.25, 0.3) is 0 Å². The van der Waals surface area contributed by atoms with E-state index in [2.05, 4.69) is 11.9 Å². The number of alkyl halides is 1. The molecule has 0 aromatic carbocycles. The third kappa shape index (κ3) is 2.61. The van der Waals surface area contributed by atoms with E-state index in [1.165, 1.54) is 6.42 Å². The molecule has 1 N–H and O–H groups in total. The van der Waals surface area contributed by atoms with Crippen molar-refractivity contribution in [1.29, 1.82) is 0 Å². The van der Waals surface area contributed by atoms with Crippen molar-refractivity contribution in [2.24, 2.45) is 5.92 Å². The first kappa shape index (κ1) is 10.3. The minimum atomic E-state index is -0.339. The van der Waals surface area contributed by atoms with Gasteiger partial charge in [-0.1, -0.05) is 0 Å². The van der Waals surface area contributed by atoms with Gasteiger partial charge in [0.1, 0.15) is 0 Å². The molecule has 0 aliphatic carbocycles. The molecule has 1 rings (SSSR count). The van der Waals surface area contributed by atoms with Gasteiger partial charge in [0.25, 0.3) is 0 Å². The third-order valence-corrected chi connectivity index (χ3v) is 2.87. The predicted octanol–water partition coefficient (Wildman–Crippen LogP) is 1.32. The number of aliphatic hydroxyl groups is 1. The molecular formula is C9H18ClNO. The fourth-order valence-electron chi connectivity index (χ4n) is 1.86. The highest BCUT2D eigenvalue weighted by Crippen LogP contribution is 2.22. The van der Waals surface area contributed by atoms with Crippen molar-refractivity contribution >= 4 is 11.6 Å². The van der Waals surface area contributed by atoms with Gasteiger partial charge in [-0.25, -0.2) is 0 Å². The molecule has 0 aromatic heterocycles. The smallest absolute Gasteiger partial charge is 0.0741 e. The topological polar surface area (TPSA) is 23.5 Å². The average Bonchev–Trinajstić information content (AvgIpc) is 2.03. The first-order valence-electron chi connectivity index (χ1n) is 4.62. The van der Waals surface area contributed by atoms with E-state index in [0.717, 1.165) is 19.5 Å². The molecule has 1 aliphatic heterocycles. The second-order valence-electron chi connectivity index (χ2n) is 3.83. The van der Waals surface area contributed by atoms with Gasteiger partial charge in [-0.15, -0.1) is 11.6 Å². The molecule has 3 heteroatoms.